The Bertz CT molecular complexity index is 1700. The highest BCUT2D eigenvalue weighted by molar-refractivity contribution is 6.34. The summed E-state index contributed by atoms with van der Waals surface area (Å²) in [5.41, 5.74) is -2.23. The number of aromatic amines is 1. The predicted molar refractivity (Wildman–Crippen MR) is 124 cm³/mol. The molecule has 2 heterocycles. The van der Waals surface area contributed by atoms with E-state index in [2.05, 4.69) is 20.3 Å². The summed E-state index contributed by atoms with van der Waals surface area (Å²) in [6.07, 6.45) is -3.59. The zero-order chi connectivity index (χ0) is 26.5. The molecule has 8 nitrogen and oxygen atoms in total. The SMILES string of the molecule is O=C(O)c1ccc(-c2nn(C(=O)c3c(Cl)cccc3C(F)(F)F)c3cc(-c4nnc[nH]4)ccc23)c(F)c1. The lowest BCUT2D eigenvalue weighted by atomic mass is 10.0. The third-order valence-electron chi connectivity index (χ3n) is 5.57. The van der Waals surface area contributed by atoms with Gasteiger partial charge in [0.1, 0.15) is 17.8 Å². The second kappa shape index (κ2) is 8.82. The number of carboxylic acids is 1. The molecular formula is C24H12ClF4N5O3. The highest BCUT2D eigenvalue weighted by Crippen LogP contribution is 2.37. The molecule has 37 heavy (non-hydrogen) atoms. The van der Waals surface area contributed by atoms with Crippen LogP contribution in [0.5, 0.6) is 0 Å². The standard InChI is InChI=1S/C24H12ClF4N5O3/c25-16-3-1-2-15(24(27,28)29)19(16)22(35)34-18-9-11(21-30-10-31-32-21)4-7-14(18)20(33-34)13-6-5-12(23(36)37)8-17(13)26/h1-10H,(H,36,37)(H,30,31,32). The number of hydrogen-bond donors (Lipinski definition) is 2. The number of carboxylic acid groups (broad SMARTS) is 1. The van der Waals surface area contributed by atoms with Crippen LogP contribution in [0.2, 0.25) is 5.02 Å². The van der Waals surface area contributed by atoms with Crippen LogP contribution >= 0.6 is 11.6 Å². The van der Waals surface area contributed by atoms with Gasteiger partial charge in [0.2, 0.25) is 0 Å². The van der Waals surface area contributed by atoms with E-state index in [4.69, 9.17) is 16.7 Å². The Kier molecular flexibility index (Phi) is 5.75. The fourth-order valence-electron chi connectivity index (χ4n) is 3.89. The number of aromatic nitrogens is 5. The fraction of sp³-hybridized carbons (Fsp3) is 0.0417. The van der Waals surface area contributed by atoms with E-state index >= 15 is 0 Å². The van der Waals surface area contributed by atoms with Crippen molar-refractivity contribution in [2.45, 2.75) is 6.18 Å². The number of benzene rings is 3. The Morgan fingerprint density at radius 3 is 2.49 bits per heavy atom. The Balaban J connectivity index is 1.78. The molecule has 5 aromatic rings. The number of rotatable bonds is 4. The highest BCUT2D eigenvalue weighted by Gasteiger charge is 2.37. The number of alkyl halides is 3. The van der Waals surface area contributed by atoms with Crippen molar-refractivity contribution in [3.05, 3.63) is 88.5 Å². The topological polar surface area (TPSA) is 114 Å². The van der Waals surface area contributed by atoms with Crippen LogP contribution in [0.15, 0.2) is 60.9 Å². The first kappa shape index (κ1) is 24.1. The van der Waals surface area contributed by atoms with Crippen molar-refractivity contribution in [2.24, 2.45) is 0 Å². The van der Waals surface area contributed by atoms with Gasteiger partial charge in [-0.1, -0.05) is 23.7 Å². The fourth-order valence-corrected chi connectivity index (χ4v) is 4.14. The van der Waals surface area contributed by atoms with Gasteiger partial charge in [0, 0.05) is 16.5 Å². The molecule has 0 aliphatic carbocycles. The molecule has 0 spiro atoms. The molecule has 0 radical (unpaired) electrons. The van der Waals surface area contributed by atoms with Crippen LogP contribution < -0.4 is 0 Å². The number of fused-ring (bicyclic) bond motifs is 1. The van der Waals surface area contributed by atoms with Crippen LogP contribution in [0.1, 0.15) is 26.3 Å². The van der Waals surface area contributed by atoms with Crippen LogP contribution in [-0.4, -0.2) is 41.9 Å². The van der Waals surface area contributed by atoms with E-state index in [0.717, 1.165) is 36.4 Å². The lowest BCUT2D eigenvalue weighted by Gasteiger charge is -2.13. The van der Waals surface area contributed by atoms with E-state index in [1.807, 2.05) is 0 Å². The van der Waals surface area contributed by atoms with Crippen LogP contribution in [0.3, 0.4) is 0 Å². The summed E-state index contributed by atoms with van der Waals surface area (Å²) in [7, 11) is 0. The maximum absolute atomic E-state index is 15.0. The molecule has 0 saturated carbocycles. The van der Waals surface area contributed by atoms with Gasteiger partial charge in [-0.15, -0.1) is 10.2 Å². The zero-order valence-electron chi connectivity index (χ0n) is 18.2. The number of H-pyrrole nitrogens is 1. The minimum atomic E-state index is -4.90. The van der Waals surface area contributed by atoms with E-state index in [-0.39, 0.29) is 27.7 Å². The van der Waals surface area contributed by atoms with Crippen molar-refractivity contribution in [2.75, 3.05) is 0 Å². The van der Waals surface area contributed by atoms with Gasteiger partial charge in [-0.3, -0.25) is 4.79 Å². The van der Waals surface area contributed by atoms with Gasteiger partial charge >= 0.3 is 12.1 Å². The monoisotopic (exact) mass is 529 g/mol. The number of nitrogens with one attached hydrogen (secondary N) is 1. The molecule has 0 amide bonds. The van der Waals surface area contributed by atoms with Gasteiger partial charge < -0.3 is 10.1 Å². The Morgan fingerprint density at radius 1 is 1.05 bits per heavy atom. The van der Waals surface area contributed by atoms with E-state index in [1.165, 1.54) is 18.5 Å². The first-order valence-electron chi connectivity index (χ1n) is 10.4. The molecule has 3 aromatic carbocycles. The molecule has 0 unspecified atom stereocenters. The molecule has 0 fully saturated rings. The molecule has 0 saturated heterocycles. The maximum atomic E-state index is 15.0. The smallest absolute Gasteiger partial charge is 0.417 e. The normalized spacial score (nSPS) is 11.7. The predicted octanol–water partition coefficient (Wildman–Crippen LogP) is 5.69. The van der Waals surface area contributed by atoms with Gasteiger partial charge in [-0.25, -0.2) is 9.18 Å². The van der Waals surface area contributed by atoms with Crippen LogP contribution in [0.4, 0.5) is 17.6 Å². The van der Waals surface area contributed by atoms with Crippen molar-refractivity contribution in [3.8, 4) is 22.6 Å². The highest BCUT2D eigenvalue weighted by atomic mass is 35.5. The molecule has 2 aromatic heterocycles. The van der Waals surface area contributed by atoms with Crippen molar-refractivity contribution in [3.63, 3.8) is 0 Å². The van der Waals surface area contributed by atoms with Crippen molar-refractivity contribution in [1.29, 1.82) is 0 Å². The van der Waals surface area contributed by atoms with E-state index < -0.39 is 40.0 Å². The summed E-state index contributed by atoms with van der Waals surface area (Å²) in [6, 6.07) is 10.5. The molecule has 0 aliphatic rings. The molecule has 2 N–H and O–H groups in total. The summed E-state index contributed by atoms with van der Waals surface area (Å²) >= 11 is 6.04. The van der Waals surface area contributed by atoms with Gasteiger partial charge in [-0.2, -0.15) is 23.0 Å². The quantitative estimate of drug-likeness (QED) is 0.289. The van der Waals surface area contributed by atoms with E-state index in [0.29, 0.717) is 16.1 Å². The lowest BCUT2D eigenvalue weighted by Crippen LogP contribution is -2.20. The molecule has 0 bridgehead atoms. The number of nitrogens with zero attached hydrogens (tertiary/aromatic N) is 4. The van der Waals surface area contributed by atoms with Crippen LogP contribution in [0.25, 0.3) is 33.5 Å². The third kappa shape index (κ3) is 4.20. The maximum Gasteiger partial charge on any atom is 0.417 e. The Hall–Kier alpha value is -4.58. The van der Waals surface area contributed by atoms with Gasteiger partial charge in [-0.05, 0) is 42.5 Å². The lowest BCUT2D eigenvalue weighted by molar-refractivity contribution is -0.137. The minimum absolute atomic E-state index is 0.0312. The zero-order valence-corrected chi connectivity index (χ0v) is 19.0. The van der Waals surface area contributed by atoms with Crippen molar-refractivity contribution < 1.29 is 32.3 Å². The average molecular weight is 530 g/mol. The Morgan fingerprint density at radius 2 is 1.84 bits per heavy atom. The minimum Gasteiger partial charge on any atom is -0.478 e. The molecule has 13 heteroatoms. The van der Waals surface area contributed by atoms with Crippen molar-refractivity contribution in [1.82, 2.24) is 25.0 Å². The molecule has 0 aliphatic heterocycles. The summed E-state index contributed by atoms with van der Waals surface area (Å²) in [5, 5.41) is 20.6. The average Bonchev–Trinajstić information content (AvgIpc) is 3.51. The molecule has 0 atom stereocenters. The summed E-state index contributed by atoms with van der Waals surface area (Å²) < 4.78 is 56.9. The largest absolute Gasteiger partial charge is 0.478 e. The van der Waals surface area contributed by atoms with Gasteiger partial charge in [0.15, 0.2) is 5.82 Å². The van der Waals surface area contributed by atoms with Crippen LogP contribution in [-0.2, 0) is 6.18 Å². The van der Waals surface area contributed by atoms with Gasteiger partial charge in [0.05, 0.1) is 27.2 Å². The second-order valence-electron chi connectivity index (χ2n) is 7.79. The van der Waals surface area contributed by atoms with Crippen LogP contribution in [0, 0.1) is 5.82 Å². The number of halogens is 5. The third-order valence-corrected chi connectivity index (χ3v) is 5.88. The van der Waals surface area contributed by atoms with E-state index in [9.17, 15) is 27.2 Å². The Labute approximate surface area is 209 Å². The number of carbonyl (C=O) groups excluding carboxylic acids is 1. The first-order valence-corrected chi connectivity index (χ1v) is 10.8. The number of carbonyl (C=O) groups is 2. The van der Waals surface area contributed by atoms with E-state index in [1.54, 1.807) is 6.07 Å². The number of aromatic carboxylic acids is 1. The molecule has 186 valence electrons. The van der Waals surface area contributed by atoms with Gasteiger partial charge in [0.25, 0.3) is 5.91 Å². The number of hydrogen-bond acceptors (Lipinski definition) is 5. The molecular weight excluding hydrogens is 518 g/mol. The van der Waals surface area contributed by atoms with Crippen molar-refractivity contribution >= 4 is 34.4 Å². The summed E-state index contributed by atoms with van der Waals surface area (Å²) in [6.45, 7) is 0. The first-order chi connectivity index (χ1) is 17.6. The summed E-state index contributed by atoms with van der Waals surface area (Å²) in [4.78, 5) is 27.5. The molecule has 5 rings (SSSR count). The summed E-state index contributed by atoms with van der Waals surface area (Å²) in [5.74, 6) is -3.21. The second-order valence-corrected chi connectivity index (χ2v) is 8.20.